The summed E-state index contributed by atoms with van der Waals surface area (Å²) in [5.41, 5.74) is 1.47. The molecule has 0 aliphatic carbocycles. The van der Waals surface area contributed by atoms with E-state index >= 15 is 0 Å². The van der Waals surface area contributed by atoms with Crippen LogP contribution in [0.4, 0.5) is 0 Å². The van der Waals surface area contributed by atoms with Crippen LogP contribution in [-0.2, 0) is 20.9 Å². The van der Waals surface area contributed by atoms with E-state index in [0.29, 0.717) is 12.3 Å². The maximum Gasteiger partial charge on any atom is 0.116 e. The molecule has 78 valence electrons. The number of methoxy groups -OCH3 is 1. The molecule has 0 spiro atoms. The van der Waals surface area contributed by atoms with Gasteiger partial charge in [-0.3, -0.25) is 4.21 Å². The molecule has 1 aromatic rings. The van der Waals surface area contributed by atoms with Crippen LogP contribution in [0.2, 0.25) is 0 Å². The van der Waals surface area contributed by atoms with Crippen LogP contribution in [0.5, 0.6) is 0 Å². The molecule has 0 radical (unpaired) electrons. The predicted octanol–water partition coefficient (Wildman–Crippen LogP) is 0.317. The van der Waals surface area contributed by atoms with Gasteiger partial charge < -0.3 is 4.74 Å². The minimum Gasteiger partial charge on any atom is -0.378 e. The minimum absolute atomic E-state index is 0.442. The summed E-state index contributed by atoms with van der Waals surface area (Å²) in [6.07, 6.45) is 4.79. The lowest BCUT2D eigenvalue weighted by Crippen LogP contribution is -2.02. The van der Waals surface area contributed by atoms with E-state index in [1.807, 2.05) is 0 Å². The predicted molar refractivity (Wildman–Crippen MR) is 57.9 cm³/mol. The molecule has 0 saturated carbocycles. The first-order chi connectivity index (χ1) is 6.51. The number of hydrogen-bond acceptors (Lipinski definition) is 4. The van der Waals surface area contributed by atoms with Crippen molar-refractivity contribution in [3.63, 3.8) is 0 Å². The first-order valence-electron chi connectivity index (χ1n) is 4.10. The smallest absolute Gasteiger partial charge is 0.116 e. The fraction of sp³-hybridized carbons (Fsp3) is 0.444. The Labute approximate surface area is 84.4 Å². The number of rotatable bonds is 3. The molecule has 0 aliphatic heterocycles. The summed E-state index contributed by atoms with van der Waals surface area (Å²) < 4.78 is 16.4. The number of aromatic nitrogens is 2. The van der Waals surface area contributed by atoms with Crippen LogP contribution in [0, 0.1) is 0 Å². The fourth-order valence-electron chi connectivity index (χ4n) is 0.997. The van der Waals surface area contributed by atoms with E-state index in [2.05, 4.69) is 9.97 Å². The Morgan fingerprint density at radius 2 is 2.21 bits per heavy atom. The lowest BCUT2D eigenvalue weighted by molar-refractivity contribution is 0.181. The van der Waals surface area contributed by atoms with Gasteiger partial charge in [0, 0.05) is 25.0 Å². The molecule has 0 atom stereocenters. The van der Waals surface area contributed by atoms with Gasteiger partial charge in [0.15, 0.2) is 0 Å². The van der Waals surface area contributed by atoms with Gasteiger partial charge in [0.2, 0.25) is 0 Å². The molecule has 0 amide bonds. The number of ether oxygens (including phenoxy) is 1. The van der Waals surface area contributed by atoms with E-state index < -0.39 is 9.52 Å². The summed E-state index contributed by atoms with van der Waals surface area (Å²) in [5.74, 6) is 0. The molecule has 0 unspecified atom stereocenters. The van der Waals surface area contributed by atoms with Crippen LogP contribution < -0.4 is 0 Å². The summed E-state index contributed by atoms with van der Waals surface area (Å²) in [6.45, 7) is 0.442. The van der Waals surface area contributed by atoms with E-state index in [1.165, 1.54) is 6.33 Å². The highest BCUT2D eigenvalue weighted by atomic mass is 32.2. The molecule has 14 heavy (non-hydrogen) atoms. The van der Waals surface area contributed by atoms with E-state index in [9.17, 15) is 4.21 Å². The molecule has 1 rings (SSSR count). The Morgan fingerprint density at radius 1 is 1.50 bits per heavy atom. The van der Waals surface area contributed by atoms with Crippen molar-refractivity contribution >= 4 is 14.9 Å². The van der Waals surface area contributed by atoms with E-state index in [1.54, 1.807) is 31.1 Å². The van der Waals surface area contributed by atoms with Crippen LogP contribution in [0.15, 0.2) is 12.4 Å². The first-order valence-corrected chi connectivity index (χ1v) is 6.54. The maximum atomic E-state index is 11.5. The van der Waals surface area contributed by atoms with Crippen LogP contribution in [-0.4, -0.2) is 39.2 Å². The molecule has 0 fully saturated rings. The molecule has 0 saturated heterocycles. The van der Waals surface area contributed by atoms with Crippen molar-refractivity contribution in [1.29, 1.82) is 0 Å². The Hall–Kier alpha value is -0.940. The van der Waals surface area contributed by atoms with Crippen molar-refractivity contribution in [2.24, 2.45) is 0 Å². The van der Waals surface area contributed by atoms with Gasteiger partial charge in [-0.2, -0.15) is 0 Å². The second-order valence-corrected chi connectivity index (χ2v) is 6.15. The van der Waals surface area contributed by atoms with Crippen molar-refractivity contribution in [3.8, 4) is 0 Å². The molecular formula is C9H14N2O2S. The molecule has 0 N–H and O–H groups in total. The first kappa shape index (κ1) is 11.1. The summed E-state index contributed by atoms with van der Waals surface area (Å²) >= 11 is 0. The van der Waals surface area contributed by atoms with Crippen LogP contribution >= 0.6 is 0 Å². The monoisotopic (exact) mass is 214 g/mol. The average Bonchev–Trinajstić information content (AvgIpc) is 2.02. The Kier molecular flexibility index (Phi) is 3.60. The van der Waals surface area contributed by atoms with Crippen molar-refractivity contribution < 1.29 is 8.95 Å². The largest absolute Gasteiger partial charge is 0.378 e. The molecular weight excluding hydrogens is 200 g/mol. The summed E-state index contributed by atoms with van der Waals surface area (Å²) in [5, 5.41) is 1.65. The zero-order valence-electron chi connectivity index (χ0n) is 8.56. The molecule has 0 aromatic carbocycles. The zero-order chi connectivity index (χ0) is 10.6. The molecule has 0 aliphatic rings. The molecule has 1 aromatic heterocycles. The van der Waals surface area contributed by atoms with E-state index in [4.69, 9.17) is 4.74 Å². The van der Waals surface area contributed by atoms with Gasteiger partial charge in [0.1, 0.15) is 6.33 Å². The second kappa shape index (κ2) is 4.52. The van der Waals surface area contributed by atoms with Gasteiger partial charge in [0.05, 0.1) is 18.0 Å². The van der Waals surface area contributed by atoms with Crippen LogP contribution in [0.1, 0.15) is 11.4 Å². The summed E-state index contributed by atoms with van der Waals surface area (Å²) in [6, 6.07) is 1.77. The van der Waals surface area contributed by atoms with Gasteiger partial charge in [0.25, 0.3) is 0 Å². The Balaban J connectivity index is 3.01. The van der Waals surface area contributed by atoms with Gasteiger partial charge in [-0.05, 0) is 15.6 Å². The Morgan fingerprint density at radius 3 is 2.79 bits per heavy atom. The van der Waals surface area contributed by atoms with Gasteiger partial charge in [-0.15, -0.1) is 0 Å². The molecule has 0 bridgehead atoms. The van der Waals surface area contributed by atoms with E-state index in [-0.39, 0.29) is 0 Å². The van der Waals surface area contributed by atoms with E-state index in [0.717, 1.165) is 5.69 Å². The maximum absolute atomic E-state index is 11.5. The normalized spacial score (nSPS) is 11.4. The molecule has 5 heteroatoms. The summed E-state index contributed by atoms with van der Waals surface area (Å²) in [7, 11) is -0.310. The third-order valence-corrected chi connectivity index (χ3v) is 2.25. The van der Waals surface area contributed by atoms with Crippen molar-refractivity contribution in [2.75, 3.05) is 19.6 Å². The summed E-state index contributed by atoms with van der Waals surface area (Å²) in [4.78, 5) is 8.02. The molecule has 1 heterocycles. The topological polar surface area (TPSA) is 52.1 Å². The zero-order valence-corrected chi connectivity index (χ0v) is 9.37. The van der Waals surface area contributed by atoms with Gasteiger partial charge in [-0.25, -0.2) is 9.97 Å². The third-order valence-electron chi connectivity index (χ3n) is 1.44. The second-order valence-electron chi connectivity index (χ2n) is 3.29. The number of hydrogen-bond donors (Lipinski definition) is 0. The molecule has 4 nitrogen and oxygen atoms in total. The van der Waals surface area contributed by atoms with Gasteiger partial charge >= 0.3 is 0 Å². The van der Waals surface area contributed by atoms with Crippen LogP contribution in [0.25, 0.3) is 0 Å². The fourth-order valence-corrected chi connectivity index (χ4v) is 1.71. The number of nitrogens with zero attached hydrogens (tertiary/aromatic N) is 2. The Bertz CT molecular complexity index is 415. The SMILES string of the molecule is COCc1cc(C=S(C)(C)=O)ncn1. The quantitative estimate of drug-likeness (QED) is 0.680. The van der Waals surface area contributed by atoms with Gasteiger partial charge in [-0.1, -0.05) is 0 Å². The van der Waals surface area contributed by atoms with Crippen molar-refractivity contribution in [2.45, 2.75) is 6.61 Å². The van der Waals surface area contributed by atoms with Crippen molar-refractivity contribution in [1.82, 2.24) is 9.97 Å². The van der Waals surface area contributed by atoms with Crippen LogP contribution in [0.3, 0.4) is 0 Å². The average molecular weight is 214 g/mol. The standard InChI is InChI=1S/C9H14N2O2S/c1-13-5-8-4-9(11-7-10-8)6-14(2,3)12/h4,6-7H,5H2,1-3H3. The minimum atomic E-state index is -1.91. The third kappa shape index (κ3) is 3.85. The highest BCUT2D eigenvalue weighted by Crippen LogP contribution is 1.98. The van der Waals surface area contributed by atoms with Crippen molar-refractivity contribution in [3.05, 3.63) is 23.8 Å². The lowest BCUT2D eigenvalue weighted by atomic mass is 10.3. The lowest BCUT2D eigenvalue weighted by Gasteiger charge is -2.00. The highest BCUT2D eigenvalue weighted by Gasteiger charge is 1.97. The highest BCUT2D eigenvalue weighted by molar-refractivity contribution is 8.00.